The van der Waals surface area contributed by atoms with E-state index in [2.05, 4.69) is 10.0 Å². The Labute approximate surface area is 136 Å². The van der Waals surface area contributed by atoms with E-state index < -0.39 is 21.7 Å². The van der Waals surface area contributed by atoms with Crippen molar-refractivity contribution in [2.75, 3.05) is 7.05 Å². The summed E-state index contributed by atoms with van der Waals surface area (Å²) in [5.74, 6) is -0.988. The van der Waals surface area contributed by atoms with Gasteiger partial charge in [-0.2, -0.15) is 0 Å². The molecule has 1 heterocycles. The van der Waals surface area contributed by atoms with E-state index in [9.17, 15) is 17.6 Å². The lowest BCUT2D eigenvalue weighted by molar-refractivity contribution is 0.0951. The Morgan fingerprint density at radius 2 is 2.05 bits per heavy atom. The van der Waals surface area contributed by atoms with Gasteiger partial charge in [0.25, 0.3) is 5.91 Å². The number of hydrogen-bond donors (Lipinski definition) is 2. The maximum atomic E-state index is 12.9. The average Bonchev–Trinajstić information content (AvgIpc) is 2.94. The molecule has 0 aliphatic heterocycles. The zero-order valence-electron chi connectivity index (χ0n) is 11.4. The van der Waals surface area contributed by atoms with Crippen LogP contribution in [-0.4, -0.2) is 21.4 Å². The van der Waals surface area contributed by atoms with Gasteiger partial charge >= 0.3 is 0 Å². The number of rotatable bonds is 5. The van der Waals surface area contributed by atoms with Crippen molar-refractivity contribution < 1.29 is 17.6 Å². The third kappa shape index (κ3) is 3.83. The summed E-state index contributed by atoms with van der Waals surface area (Å²) in [4.78, 5) is 12.6. The number of hydrogen-bond acceptors (Lipinski definition) is 4. The molecular weight excluding hydrogens is 351 g/mol. The molecule has 0 fully saturated rings. The fourth-order valence-corrected chi connectivity index (χ4v) is 4.02. The normalized spacial score (nSPS) is 11.4. The number of carbonyl (C=O) groups excluding carboxylic acids is 1. The Kier molecular flexibility index (Phi) is 5.17. The Morgan fingerprint density at radius 3 is 2.68 bits per heavy atom. The Hall–Kier alpha value is -1.48. The van der Waals surface area contributed by atoms with E-state index >= 15 is 0 Å². The van der Waals surface area contributed by atoms with E-state index in [1.54, 1.807) is 6.07 Å². The van der Waals surface area contributed by atoms with Gasteiger partial charge in [-0.3, -0.25) is 4.79 Å². The van der Waals surface area contributed by atoms with Crippen LogP contribution in [0.15, 0.2) is 34.5 Å². The number of thiophene rings is 1. The van der Waals surface area contributed by atoms with Crippen molar-refractivity contribution in [2.24, 2.45) is 0 Å². The van der Waals surface area contributed by atoms with Crippen LogP contribution in [0.4, 0.5) is 4.39 Å². The molecule has 0 bridgehead atoms. The molecule has 0 aliphatic rings. The number of halogens is 2. The largest absolute Gasteiger partial charge is 0.347 e. The fourth-order valence-electron chi connectivity index (χ4n) is 1.63. The van der Waals surface area contributed by atoms with Crippen LogP contribution in [0.25, 0.3) is 0 Å². The van der Waals surface area contributed by atoms with Gasteiger partial charge in [-0.05, 0) is 37.4 Å². The van der Waals surface area contributed by atoms with E-state index in [0.29, 0.717) is 4.88 Å². The summed E-state index contributed by atoms with van der Waals surface area (Å²) in [6.45, 7) is 0.149. The van der Waals surface area contributed by atoms with Gasteiger partial charge in [-0.1, -0.05) is 11.6 Å². The lowest BCUT2D eigenvalue weighted by atomic mass is 10.2. The van der Waals surface area contributed by atoms with Crippen molar-refractivity contribution in [1.82, 2.24) is 10.0 Å². The van der Waals surface area contributed by atoms with Crippen molar-refractivity contribution in [1.29, 1.82) is 0 Å². The van der Waals surface area contributed by atoms with E-state index in [1.807, 2.05) is 0 Å². The molecule has 0 saturated carbocycles. The number of benzene rings is 1. The van der Waals surface area contributed by atoms with Crippen LogP contribution < -0.4 is 10.0 Å². The van der Waals surface area contributed by atoms with E-state index in [1.165, 1.54) is 19.2 Å². The van der Waals surface area contributed by atoms with Crippen LogP contribution in [0.1, 0.15) is 15.2 Å². The lowest BCUT2D eigenvalue weighted by Gasteiger charge is -2.05. The second-order valence-corrected chi connectivity index (χ2v) is 7.92. The molecule has 1 amide bonds. The summed E-state index contributed by atoms with van der Waals surface area (Å²) >= 11 is 6.85. The molecule has 22 heavy (non-hydrogen) atoms. The van der Waals surface area contributed by atoms with Crippen molar-refractivity contribution >= 4 is 38.9 Å². The van der Waals surface area contributed by atoms with Gasteiger partial charge < -0.3 is 5.32 Å². The standard InChI is InChI=1S/C13H12ClFN2O3S2/c1-16-22(19,20)12-5-3-9(21-12)7-17-13(18)10-4-2-8(15)6-11(10)14/h2-6,16H,7H2,1H3,(H,17,18). The van der Waals surface area contributed by atoms with Crippen LogP contribution in [0.3, 0.4) is 0 Å². The minimum atomic E-state index is -3.49. The van der Waals surface area contributed by atoms with Gasteiger partial charge in [0.05, 0.1) is 17.1 Å². The molecule has 2 N–H and O–H groups in total. The fraction of sp³-hybridized carbons (Fsp3) is 0.154. The van der Waals surface area contributed by atoms with Crippen molar-refractivity contribution in [2.45, 2.75) is 10.8 Å². The molecule has 5 nitrogen and oxygen atoms in total. The molecule has 118 valence electrons. The zero-order chi connectivity index (χ0) is 16.3. The molecular formula is C13H12ClFN2O3S2. The first-order chi connectivity index (χ1) is 10.3. The summed E-state index contributed by atoms with van der Waals surface area (Å²) in [6.07, 6.45) is 0. The topological polar surface area (TPSA) is 75.3 Å². The van der Waals surface area contributed by atoms with Gasteiger partial charge in [0.15, 0.2) is 0 Å². The average molecular weight is 363 g/mol. The van der Waals surface area contributed by atoms with Crippen LogP contribution >= 0.6 is 22.9 Å². The summed E-state index contributed by atoms with van der Waals surface area (Å²) < 4.78 is 38.5. The van der Waals surface area contributed by atoms with Crippen LogP contribution in [0.2, 0.25) is 5.02 Å². The first kappa shape index (κ1) is 16.9. The summed E-state index contributed by atoms with van der Waals surface area (Å²) in [5, 5.41) is 2.62. The minimum absolute atomic E-state index is 0.0159. The van der Waals surface area contributed by atoms with Gasteiger partial charge in [0.1, 0.15) is 10.0 Å². The Balaban J connectivity index is 2.06. The maximum Gasteiger partial charge on any atom is 0.253 e. The second-order valence-electron chi connectivity index (χ2n) is 4.24. The van der Waals surface area contributed by atoms with Crippen LogP contribution in [-0.2, 0) is 16.6 Å². The monoisotopic (exact) mass is 362 g/mol. The van der Waals surface area contributed by atoms with Gasteiger partial charge in [0.2, 0.25) is 10.0 Å². The maximum absolute atomic E-state index is 12.9. The quantitative estimate of drug-likeness (QED) is 0.857. The molecule has 2 aromatic rings. The summed E-state index contributed by atoms with van der Waals surface area (Å²) in [5.41, 5.74) is 0.155. The number of carbonyl (C=O) groups is 1. The van der Waals surface area contributed by atoms with Gasteiger partial charge in [-0.15, -0.1) is 11.3 Å². The molecule has 9 heteroatoms. The Bertz CT molecular complexity index is 805. The summed E-state index contributed by atoms with van der Waals surface area (Å²) in [7, 11) is -2.16. The molecule has 0 spiro atoms. The third-order valence-electron chi connectivity index (χ3n) is 2.77. The molecule has 1 aromatic carbocycles. The lowest BCUT2D eigenvalue weighted by Crippen LogP contribution is -2.22. The number of sulfonamides is 1. The van der Waals surface area contributed by atoms with E-state index in [4.69, 9.17) is 11.6 Å². The smallest absolute Gasteiger partial charge is 0.253 e. The van der Waals surface area contributed by atoms with Crippen molar-refractivity contribution in [3.63, 3.8) is 0 Å². The molecule has 0 atom stereocenters. The van der Waals surface area contributed by atoms with Crippen molar-refractivity contribution in [3.8, 4) is 0 Å². The number of amides is 1. The van der Waals surface area contributed by atoms with Crippen molar-refractivity contribution in [3.05, 3.63) is 51.6 Å². The Morgan fingerprint density at radius 1 is 1.32 bits per heavy atom. The zero-order valence-corrected chi connectivity index (χ0v) is 13.8. The predicted octanol–water partition coefficient (Wildman–Crippen LogP) is 2.38. The van der Waals surface area contributed by atoms with Gasteiger partial charge in [-0.25, -0.2) is 17.5 Å². The highest BCUT2D eigenvalue weighted by Gasteiger charge is 2.15. The van der Waals surface area contributed by atoms with Crippen LogP contribution in [0, 0.1) is 5.82 Å². The molecule has 0 unspecified atom stereocenters. The molecule has 0 aliphatic carbocycles. The minimum Gasteiger partial charge on any atom is -0.347 e. The first-order valence-electron chi connectivity index (χ1n) is 6.09. The highest BCUT2D eigenvalue weighted by molar-refractivity contribution is 7.91. The van der Waals surface area contributed by atoms with Crippen LogP contribution in [0.5, 0.6) is 0 Å². The number of nitrogens with one attached hydrogen (secondary N) is 2. The SMILES string of the molecule is CNS(=O)(=O)c1ccc(CNC(=O)c2ccc(F)cc2Cl)s1. The highest BCUT2D eigenvalue weighted by atomic mass is 35.5. The predicted molar refractivity (Wildman–Crippen MR) is 83.1 cm³/mol. The second kappa shape index (κ2) is 6.74. The molecule has 2 rings (SSSR count). The highest BCUT2D eigenvalue weighted by Crippen LogP contribution is 2.22. The third-order valence-corrected chi connectivity index (χ3v) is 6.07. The molecule has 1 aromatic heterocycles. The molecule has 0 radical (unpaired) electrons. The van der Waals surface area contributed by atoms with E-state index in [0.717, 1.165) is 23.5 Å². The van der Waals surface area contributed by atoms with E-state index in [-0.39, 0.29) is 21.3 Å². The van der Waals surface area contributed by atoms with Gasteiger partial charge in [0, 0.05) is 4.88 Å². The molecule has 0 saturated heterocycles. The first-order valence-corrected chi connectivity index (χ1v) is 8.77. The summed E-state index contributed by atoms with van der Waals surface area (Å²) in [6, 6.07) is 6.56.